The minimum Gasteiger partial charge on any atom is -0.319 e. The number of rotatable bonds is 4. The molecule has 0 atom stereocenters. The minimum absolute atomic E-state index is 0.0913. The summed E-state index contributed by atoms with van der Waals surface area (Å²) >= 11 is 0. The van der Waals surface area contributed by atoms with Crippen molar-refractivity contribution in [3.63, 3.8) is 0 Å². The third-order valence-electron chi connectivity index (χ3n) is 3.28. The maximum absolute atomic E-state index is 12.5. The van der Waals surface area contributed by atoms with Crippen molar-refractivity contribution in [2.45, 2.75) is 4.90 Å². The summed E-state index contributed by atoms with van der Waals surface area (Å²) in [6, 6.07) is 11.0. The molecule has 0 fully saturated rings. The minimum atomic E-state index is -3.38. The highest BCUT2D eigenvalue weighted by Gasteiger charge is 2.14. The van der Waals surface area contributed by atoms with Gasteiger partial charge in [-0.2, -0.15) is 5.10 Å². The van der Waals surface area contributed by atoms with Crippen LogP contribution in [-0.4, -0.2) is 35.3 Å². The van der Waals surface area contributed by atoms with E-state index in [9.17, 15) is 13.2 Å². The van der Waals surface area contributed by atoms with E-state index in [4.69, 9.17) is 0 Å². The predicted octanol–water partition coefficient (Wildman–Crippen LogP) is 1.92. The van der Waals surface area contributed by atoms with Gasteiger partial charge in [-0.3, -0.25) is 4.79 Å². The molecule has 1 aromatic carbocycles. The largest absolute Gasteiger partial charge is 0.319 e. The highest BCUT2D eigenvalue weighted by Crippen LogP contribution is 2.18. The number of nitrogens with one attached hydrogen (secondary N) is 1. The molecule has 0 aliphatic heterocycles. The summed E-state index contributed by atoms with van der Waals surface area (Å²) in [5.74, 6) is 0.0389. The number of nitrogens with zero attached hydrogens (tertiary/aromatic N) is 3. The van der Waals surface area contributed by atoms with Gasteiger partial charge in [0.15, 0.2) is 15.7 Å². The normalized spacial score (nSPS) is 11.2. The fraction of sp³-hybridized carbons (Fsp3) is 0.0625. The van der Waals surface area contributed by atoms with Crippen LogP contribution in [-0.2, 0) is 9.84 Å². The Morgan fingerprint density at radius 2 is 1.96 bits per heavy atom. The second-order valence-electron chi connectivity index (χ2n) is 5.08. The van der Waals surface area contributed by atoms with E-state index in [0.29, 0.717) is 11.5 Å². The van der Waals surface area contributed by atoms with Gasteiger partial charge in [0, 0.05) is 30.4 Å². The molecular formula is C16H14N4O3S. The van der Waals surface area contributed by atoms with Crippen LogP contribution in [0.5, 0.6) is 0 Å². The molecule has 1 amide bonds. The van der Waals surface area contributed by atoms with E-state index in [1.807, 2.05) is 0 Å². The summed E-state index contributed by atoms with van der Waals surface area (Å²) in [6.07, 6.45) is 6.01. The Balaban J connectivity index is 1.92. The van der Waals surface area contributed by atoms with Crippen LogP contribution in [0.1, 0.15) is 10.4 Å². The van der Waals surface area contributed by atoms with Crippen molar-refractivity contribution < 1.29 is 13.2 Å². The molecule has 8 heteroatoms. The maximum Gasteiger partial charge on any atom is 0.255 e. The van der Waals surface area contributed by atoms with Gasteiger partial charge in [-0.25, -0.2) is 18.1 Å². The molecule has 2 heterocycles. The first-order chi connectivity index (χ1) is 11.4. The number of pyridine rings is 1. The Labute approximate surface area is 138 Å². The lowest BCUT2D eigenvalue weighted by molar-refractivity contribution is 0.102. The van der Waals surface area contributed by atoms with E-state index in [1.54, 1.807) is 42.9 Å². The monoisotopic (exact) mass is 342 g/mol. The van der Waals surface area contributed by atoms with Crippen LogP contribution in [0.25, 0.3) is 5.82 Å². The first kappa shape index (κ1) is 15.9. The first-order valence-corrected chi connectivity index (χ1v) is 8.91. The Morgan fingerprint density at radius 1 is 1.12 bits per heavy atom. The van der Waals surface area contributed by atoms with Crippen molar-refractivity contribution >= 4 is 21.4 Å². The molecule has 0 unspecified atom stereocenters. The Morgan fingerprint density at radius 3 is 2.67 bits per heavy atom. The SMILES string of the molecule is CS(=O)(=O)c1cccc(C(=O)Nc2cccnc2-n2cccn2)c1. The van der Waals surface area contributed by atoms with Gasteiger partial charge in [-0.05, 0) is 36.4 Å². The van der Waals surface area contributed by atoms with Gasteiger partial charge >= 0.3 is 0 Å². The number of hydrogen-bond donors (Lipinski definition) is 1. The van der Waals surface area contributed by atoms with Crippen molar-refractivity contribution in [2.24, 2.45) is 0 Å². The zero-order valence-electron chi connectivity index (χ0n) is 12.7. The van der Waals surface area contributed by atoms with Crippen LogP contribution >= 0.6 is 0 Å². The van der Waals surface area contributed by atoms with Gasteiger partial charge in [0.2, 0.25) is 0 Å². The van der Waals surface area contributed by atoms with Crippen LogP contribution in [0, 0.1) is 0 Å². The molecule has 0 aliphatic carbocycles. The van der Waals surface area contributed by atoms with Gasteiger partial charge in [0.05, 0.1) is 10.6 Å². The molecule has 24 heavy (non-hydrogen) atoms. The number of aromatic nitrogens is 3. The van der Waals surface area contributed by atoms with Crippen LogP contribution < -0.4 is 5.32 Å². The van der Waals surface area contributed by atoms with Gasteiger partial charge < -0.3 is 5.32 Å². The fourth-order valence-electron chi connectivity index (χ4n) is 2.13. The zero-order valence-corrected chi connectivity index (χ0v) is 13.6. The lowest BCUT2D eigenvalue weighted by atomic mass is 10.2. The molecule has 122 valence electrons. The maximum atomic E-state index is 12.5. The molecule has 0 spiro atoms. The lowest BCUT2D eigenvalue weighted by Crippen LogP contribution is -2.15. The fourth-order valence-corrected chi connectivity index (χ4v) is 2.80. The third kappa shape index (κ3) is 3.33. The quantitative estimate of drug-likeness (QED) is 0.782. The number of anilines is 1. The molecule has 0 bridgehead atoms. The predicted molar refractivity (Wildman–Crippen MR) is 88.9 cm³/mol. The molecule has 0 saturated carbocycles. The topological polar surface area (TPSA) is 94.0 Å². The molecule has 7 nitrogen and oxygen atoms in total. The molecule has 0 radical (unpaired) electrons. The molecule has 0 saturated heterocycles. The van der Waals surface area contributed by atoms with Crippen LogP contribution in [0.4, 0.5) is 5.69 Å². The molecular weight excluding hydrogens is 328 g/mol. The third-order valence-corrected chi connectivity index (χ3v) is 4.39. The van der Waals surface area contributed by atoms with Crippen molar-refractivity contribution in [3.8, 4) is 5.82 Å². The van der Waals surface area contributed by atoms with Crippen LogP contribution in [0.15, 0.2) is 66.0 Å². The smallest absolute Gasteiger partial charge is 0.255 e. The Hall–Kier alpha value is -3.00. The van der Waals surface area contributed by atoms with Crippen LogP contribution in [0.3, 0.4) is 0 Å². The average Bonchev–Trinajstić information content (AvgIpc) is 3.09. The lowest BCUT2D eigenvalue weighted by Gasteiger charge is -2.10. The van der Waals surface area contributed by atoms with E-state index < -0.39 is 15.7 Å². The number of carbonyl (C=O) groups is 1. The number of hydrogen-bond acceptors (Lipinski definition) is 5. The number of carbonyl (C=O) groups excluding carboxylic acids is 1. The molecule has 2 aromatic heterocycles. The summed E-state index contributed by atoms with van der Waals surface area (Å²) in [6.45, 7) is 0. The zero-order chi connectivity index (χ0) is 17.2. The van der Waals surface area contributed by atoms with Crippen LogP contribution in [0.2, 0.25) is 0 Å². The summed E-state index contributed by atoms with van der Waals surface area (Å²) in [7, 11) is -3.38. The standard InChI is InChI=1S/C16H14N4O3S/c1-24(22,23)13-6-2-5-12(11-13)16(21)19-14-7-3-8-17-15(14)20-10-4-9-18-20/h2-11H,1H3,(H,19,21). The summed E-state index contributed by atoms with van der Waals surface area (Å²) < 4.78 is 24.8. The second-order valence-corrected chi connectivity index (χ2v) is 7.10. The molecule has 1 N–H and O–H groups in total. The highest BCUT2D eigenvalue weighted by atomic mass is 32.2. The number of benzene rings is 1. The van der Waals surface area contributed by atoms with E-state index >= 15 is 0 Å². The van der Waals surface area contributed by atoms with Gasteiger partial charge in [0.25, 0.3) is 5.91 Å². The Kier molecular flexibility index (Phi) is 4.13. The van der Waals surface area contributed by atoms with E-state index in [-0.39, 0.29) is 10.5 Å². The van der Waals surface area contributed by atoms with Gasteiger partial charge in [0.1, 0.15) is 0 Å². The summed E-state index contributed by atoms with van der Waals surface area (Å²) in [4.78, 5) is 16.8. The summed E-state index contributed by atoms with van der Waals surface area (Å²) in [5, 5.41) is 6.83. The highest BCUT2D eigenvalue weighted by molar-refractivity contribution is 7.90. The number of sulfone groups is 1. The number of amides is 1. The summed E-state index contributed by atoms with van der Waals surface area (Å²) in [5.41, 5.74) is 0.712. The van der Waals surface area contributed by atoms with E-state index in [0.717, 1.165) is 6.26 Å². The molecule has 0 aliphatic rings. The van der Waals surface area contributed by atoms with Crippen molar-refractivity contribution in [1.82, 2.24) is 14.8 Å². The Bertz CT molecular complexity index is 982. The van der Waals surface area contributed by atoms with Gasteiger partial charge in [-0.15, -0.1) is 0 Å². The van der Waals surface area contributed by atoms with Crippen molar-refractivity contribution in [3.05, 3.63) is 66.6 Å². The van der Waals surface area contributed by atoms with E-state index in [2.05, 4.69) is 15.4 Å². The molecule has 3 rings (SSSR count). The van der Waals surface area contributed by atoms with Gasteiger partial charge in [-0.1, -0.05) is 6.07 Å². The second kappa shape index (κ2) is 6.25. The van der Waals surface area contributed by atoms with Crippen molar-refractivity contribution in [2.75, 3.05) is 11.6 Å². The first-order valence-electron chi connectivity index (χ1n) is 7.02. The molecule has 3 aromatic rings. The van der Waals surface area contributed by atoms with E-state index in [1.165, 1.54) is 22.9 Å². The van der Waals surface area contributed by atoms with Crippen molar-refractivity contribution in [1.29, 1.82) is 0 Å². The average molecular weight is 342 g/mol.